The second-order valence-corrected chi connectivity index (χ2v) is 7.73. The summed E-state index contributed by atoms with van der Waals surface area (Å²) in [6, 6.07) is 7.02. The normalized spacial score (nSPS) is 27.8. The van der Waals surface area contributed by atoms with Crippen LogP contribution in [0.4, 0.5) is 0 Å². The number of ether oxygens (including phenoxy) is 2. The minimum absolute atomic E-state index is 0.0876. The average Bonchev–Trinajstić information content (AvgIpc) is 3.40. The molecule has 2 bridgehead atoms. The summed E-state index contributed by atoms with van der Waals surface area (Å²) in [5, 5.41) is 0.883. The van der Waals surface area contributed by atoms with E-state index in [4.69, 9.17) is 9.47 Å². The number of hydrogen-bond acceptors (Lipinski definition) is 4. The van der Waals surface area contributed by atoms with E-state index < -0.39 is 0 Å². The van der Waals surface area contributed by atoms with Crippen molar-refractivity contribution in [3.05, 3.63) is 23.9 Å². The molecule has 3 heterocycles. The van der Waals surface area contributed by atoms with Crippen molar-refractivity contribution in [2.24, 2.45) is 5.92 Å². The number of carbonyl (C=O) groups is 1. The molecule has 1 aromatic carbocycles. The second-order valence-electron chi connectivity index (χ2n) is 7.73. The molecule has 1 saturated carbocycles. The molecule has 1 aromatic heterocycles. The summed E-state index contributed by atoms with van der Waals surface area (Å²) in [5.41, 5.74) is 1.52. The van der Waals surface area contributed by atoms with Crippen LogP contribution in [0.15, 0.2) is 18.2 Å². The molecule has 5 rings (SSSR count). The molecule has 2 aliphatic heterocycles. The molecule has 0 unspecified atom stereocenters. The molecule has 138 valence electrons. The Hall–Kier alpha value is -2.21. The zero-order valence-electron chi connectivity index (χ0n) is 15.3. The van der Waals surface area contributed by atoms with Crippen LogP contribution in [0.25, 0.3) is 10.9 Å². The fraction of sp³-hybridized carbons (Fsp3) is 0.550. The Kier molecular flexibility index (Phi) is 3.64. The van der Waals surface area contributed by atoms with E-state index in [-0.39, 0.29) is 5.91 Å². The van der Waals surface area contributed by atoms with Gasteiger partial charge in [0, 0.05) is 37.1 Å². The van der Waals surface area contributed by atoms with Crippen LogP contribution in [0.1, 0.15) is 29.8 Å². The summed E-state index contributed by atoms with van der Waals surface area (Å²) in [5.74, 6) is 2.21. The van der Waals surface area contributed by atoms with Gasteiger partial charge in [-0.15, -0.1) is 0 Å². The Labute approximate surface area is 153 Å². The summed E-state index contributed by atoms with van der Waals surface area (Å²) < 4.78 is 10.9. The lowest BCUT2D eigenvalue weighted by atomic mass is 9.96. The lowest BCUT2D eigenvalue weighted by Crippen LogP contribution is -2.56. The molecular formula is C20H25N3O3. The predicted molar refractivity (Wildman–Crippen MR) is 98.9 cm³/mol. The van der Waals surface area contributed by atoms with Gasteiger partial charge in [0.2, 0.25) is 0 Å². The maximum atomic E-state index is 13.1. The van der Waals surface area contributed by atoms with E-state index in [2.05, 4.69) is 9.88 Å². The molecule has 0 radical (unpaired) electrons. The first-order valence-electron chi connectivity index (χ1n) is 9.48. The molecule has 26 heavy (non-hydrogen) atoms. The molecule has 1 aliphatic carbocycles. The number of amides is 1. The highest BCUT2D eigenvalue weighted by molar-refractivity contribution is 6.00. The summed E-state index contributed by atoms with van der Waals surface area (Å²) in [6.45, 7) is 2.68. The largest absolute Gasteiger partial charge is 0.493 e. The zero-order valence-corrected chi connectivity index (χ0v) is 15.3. The van der Waals surface area contributed by atoms with Gasteiger partial charge in [0.1, 0.15) is 5.69 Å². The molecule has 3 fully saturated rings. The number of H-pyrrole nitrogens is 1. The fourth-order valence-electron chi connectivity index (χ4n) is 5.34. The van der Waals surface area contributed by atoms with Crippen molar-refractivity contribution in [2.45, 2.75) is 31.3 Å². The Morgan fingerprint density at radius 3 is 2.88 bits per heavy atom. The van der Waals surface area contributed by atoms with Crippen LogP contribution < -0.4 is 9.47 Å². The van der Waals surface area contributed by atoms with E-state index >= 15 is 0 Å². The average molecular weight is 355 g/mol. The van der Waals surface area contributed by atoms with E-state index in [0.717, 1.165) is 42.5 Å². The number of hydrogen-bond donors (Lipinski definition) is 1. The fourth-order valence-corrected chi connectivity index (χ4v) is 5.34. The van der Waals surface area contributed by atoms with Gasteiger partial charge in [-0.1, -0.05) is 0 Å². The van der Waals surface area contributed by atoms with E-state index in [1.807, 2.05) is 23.1 Å². The summed E-state index contributed by atoms with van der Waals surface area (Å²) in [7, 11) is 3.25. The van der Waals surface area contributed by atoms with Crippen LogP contribution in [0.3, 0.4) is 0 Å². The van der Waals surface area contributed by atoms with Crippen LogP contribution >= 0.6 is 0 Å². The van der Waals surface area contributed by atoms with Gasteiger partial charge in [-0.3, -0.25) is 9.69 Å². The number of aromatic amines is 1. The molecule has 1 N–H and O–H groups in total. The Morgan fingerprint density at radius 1 is 1.19 bits per heavy atom. The maximum absolute atomic E-state index is 13.1. The Morgan fingerprint density at radius 2 is 2.08 bits per heavy atom. The van der Waals surface area contributed by atoms with Gasteiger partial charge in [0.05, 0.1) is 19.7 Å². The van der Waals surface area contributed by atoms with E-state index in [9.17, 15) is 4.79 Å². The van der Waals surface area contributed by atoms with Gasteiger partial charge in [0.15, 0.2) is 11.5 Å². The number of piperazine rings is 1. The van der Waals surface area contributed by atoms with Crippen molar-refractivity contribution in [3.8, 4) is 11.5 Å². The summed E-state index contributed by atoms with van der Waals surface area (Å²) >= 11 is 0. The van der Waals surface area contributed by atoms with E-state index in [1.54, 1.807) is 14.2 Å². The molecule has 2 aromatic rings. The highest BCUT2D eigenvalue weighted by Gasteiger charge is 2.48. The van der Waals surface area contributed by atoms with Gasteiger partial charge in [0.25, 0.3) is 5.91 Å². The van der Waals surface area contributed by atoms with Crippen LogP contribution in [-0.2, 0) is 0 Å². The van der Waals surface area contributed by atoms with Gasteiger partial charge in [-0.2, -0.15) is 0 Å². The number of carbonyl (C=O) groups excluding carboxylic acids is 1. The molecule has 0 spiro atoms. The minimum atomic E-state index is 0.0876. The van der Waals surface area contributed by atoms with Gasteiger partial charge < -0.3 is 19.4 Å². The lowest BCUT2D eigenvalue weighted by molar-refractivity contribution is 0.0340. The molecule has 3 atom stereocenters. The number of nitrogens with one attached hydrogen (secondary N) is 1. The van der Waals surface area contributed by atoms with Crippen LogP contribution in [0, 0.1) is 5.92 Å². The van der Waals surface area contributed by atoms with Gasteiger partial charge >= 0.3 is 0 Å². The number of aromatic nitrogens is 1. The lowest BCUT2D eigenvalue weighted by Gasteiger charge is -2.43. The van der Waals surface area contributed by atoms with Crippen molar-refractivity contribution in [1.82, 2.24) is 14.8 Å². The quantitative estimate of drug-likeness (QED) is 0.919. The van der Waals surface area contributed by atoms with Crippen molar-refractivity contribution in [3.63, 3.8) is 0 Å². The molecule has 6 nitrogen and oxygen atoms in total. The first kappa shape index (κ1) is 16.0. The van der Waals surface area contributed by atoms with Crippen molar-refractivity contribution in [2.75, 3.05) is 33.9 Å². The third kappa shape index (κ3) is 2.24. The van der Waals surface area contributed by atoms with Crippen molar-refractivity contribution >= 4 is 16.8 Å². The smallest absolute Gasteiger partial charge is 0.270 e. The number of nitrogens with zero attached hydrogens (tertiary/aromatic N) is 2. The minimum Gasteiger partial charge on any atom is -0.493 e. The number of benzene rings is 1. The van der Waals surface area contributed by atoms with Crippen LogP contribution in [0.5, 0.6) is 11.5 Å². The number of fused-ring (bicyclic) bond motifs is 6. The van der Waals surface area contributed by atoms with Gasteiger partial charge in [-0.25, -0.2) is 0 Å². The second kappa shape index (κ2) is 5.91. The highest BCUT2D eigenvalue weighted by Crippen LogP contribution is 2.44. The zero-order chi connectivity index (χ0) is 17.8. The number of piperidine rings is 1. The molecule has 3 aliphatic rings. The Balaban J connectivity index is 1.42. The SMILES string of the molecule is COc1ccc2[nH]c(C(=O)N3CCN4[C@H]5CC[C@H](C5)[C@H]4C3)cc2c1OC. The molecule has 1 amide bonds. The number of rotatable bonds is 3. The van der Waals surface area contributed by atoms with E-state index in [1.165, 1.54) is 19.3 Å². The maximum Gasteiger partial charge on any atom is 0.270 e. The molecule has 6 heteroatoms. The third-order valence-corrected chi connectivity index (χ3v) is 6.58. The summed E-state index contributed by atoms with van der Waals surface area (Å²) in [4.78, 5) is 21.1. The predicted octanol–water partition coefficient (Wildman–Crippen LogP) is 2.49. The summed E-state index contributed by atoms with van der Waals surface area (Å²) in [6.07, 6.45) is 4.01. The monoisotopic (exact) mass is 355 g/mol. The first-order valence-corrected chi connectivity index (χ1v) is 9.48. The molecular weight excluding hydrogens is 330 g/mol. The van der Waals surface area contributed by atoms with Crippen LogP contribution in [-0.4, -0.2) is 66.6 Å². The topological polar surface area (TPSA) is 57.8 Å². The number of methoxy groups -OCH3 is 2. The van der Waals surface area contributed by atoms with Gasteiger partial charge in [-0.05, 0) is 43.4 Å². The first-order chi connectivity index (χ1) is 12.7. The third-order valence-electron chi connectivity index (χ3n) is 6.58. The van der Waals surface area contributed by atoms with Crippen molar-refractivity contribution in [1.29, 1.82) is 0 Å². The Bertz CT molecular complexity index is 861. The molecule has 2 saturated heterocycles. The van der Waals surface area contributed by atoms with E-state index in [0.29, 0.717) is 23.2 Å². The van der Waals surface area contributed by atoms with Crippen LogP contribution in [0.2, 0.25) is 0 Å². The standard InChI is InChI=1S/C20H25N3O3/c1-25-18-6-5-15-14(19(18)26-2)10-16(21-15)20(24)22-7-8-23-13-4-3-12(9-13)17(23)11-22/h5-6,10,12-13,17,21H,3-4,7-9,11H2,1-2H3/t12-,13+,17-/m1/s1. The van der Waals surface area contributed by atoms with Crippen molar-refractivity contribution < 1.29 is 14.3 Å². The highest BCUT2D eigenvalue weighted by atomic mass is 16.5.